The van der Waals surface area contributed by atoms with E-state index in [0.29, 0.717) is 6.61 Å². The maximum Gasteiger partial charge on any atom is 0.472 e. The average molecular weight is 988 g/mol. The first-order chi connectivity index (χ1) is 33.3. The normalized spacial score (nSPS) is 13.7. The predicted molar refractivity (Wildman–Crippen MR) is 288 cm³/mol. The Balaban J connectivity index is 3.95. The van der Waals surface area contributed by atoms with Gasteiger partial charge in [-0.25, -0.2) is 4.57 Å². The highest BCUT2D eigenvalue weighted by Crippen LogP contribution is 2.43. The lowest BCUT2D eigenvalue weighted by molar-refractivity contribution is -0.154. The molecular weight excluding hydrogens is 872 g/mol. The molecule has 0 heterocycles. The Kier molecular flexibility index (Phi) is 54.9. The first kappa shape index (κ1) is 67.2. The van der Waals surface area contributed by atoms with E-state index < -0.39 is 33.2 Å². The van der Waals surface area contributed by atoms with Crippen LogP contribution in [0.5, 0.6) is 0 Å². The van der Waals surface area contributed by atoms with Crippen molar-refractivity contribution in [1.29, 1.82) is 0 Å². The number of hydrogen-bond acceptors (Lipinski definition) is 8. The third-order valence-corrected chi connectivity index (χ3v) is 14.4. The van der Waals surface area contributed by atoms with E-state index in [1.54, 1.807) is 0 Å². The number of hydrogen-bond donors (Lipinski definition) is 3. The average Bonchev–Trinajstić information content (AvgIpc) is 3.33. The summed E-state index contributed by atoms with van der Waals surface area (Å²) >= 11 is 0. The van der Waals surface area contributed by atoms with Crippen LogP contribution in [0.25, 0.3) is 0 Å². The summed E-state index contributed by atoms with van der Waals surface area (Å²) in [6, 6.07) is 0. The van der Waals surface area contributed by atoms with Gasteiger partial charge in [0.1, 0.15) is 12.2 Å². The standard InChI is InChI=1S/C58H115O9P/c1-3-5-7-9-11-13-15-17-19-21-23-25-27-29-31-33-35-37-39-41-43-45-47-49-51-64-54-57(55-66-68(62,63)65-53-56(60)52-59)67-58(61)50-48-46-44-42-40-38-36-34-32-30-28-26-24-22-20-18-16-14-12-10-8-6-4-2/h21,23,56-57,59-60H,3-20,22,24-55H2,1-2H3,(H,62,63)/b23-21-. The maximum absolute atomic E-state index is 12.7. The zero-order valence-corrected chi connectivity index (χ0v) is 46.0. The second-order valence-electron chi connectivity index (χ2n) is 20.4. The molecule has 0 aliphatic rings. The molecule has 0 aromatic carbocycles. The molecule has 0 aliphatic heterocycles. The molecule has 0 saturated carbocycles. The fourth-order valence-corrected chi connectivity index (χ4v) is 9.73. The molecule has 0 rings (SSSR count). The topological polar surface area (TPSA) is 132 Å². The molecule has 3 atom stereocenters. The SMILES string of the molecule is CCCCCCCCCC/C=C\CCCCCCCCCCCCCCOCC(COP(=O)(O)OCC(O)CO)OC(=O)CCCCCCCCCCCCCCCCCCCCCCCCC. The summed E-state index contributed by atoms with van der Waals surface area (Å²) in [5.74, 6) is -0.373. The second-order valence-corrected chi connectivity index (χ2v) is 21.8. The molecule has 3 N–H and O–H groups in total. The highest BCUT2D eigenvalue weighted by atomic mass is 31.2. The van der Waals surface area contributed by atoms with Gasteiger partial charge in [-0.2, -0.15) is 0 Å². The number of phosphoric ester groups is 1. The zero-order valence-electron chi connectivity index (χ0n) is 45.1. The van der Waals surface area contributed by atoms with E-state index >= 15 is 0 Å². The molecule has 0 saturated heterocycles. The van der Waals surface area contributed by atoms with Gasteiger partial charge in [0.2, 0.25) is 0 Å². The first-order valence-corrected chi connectivity index (χ1v) is 31.2. The van der Waals surface area contributed by atoms with Crippen LogP contribution in [0, 0.1) is 0 Å². The molecule has 0 fully saturated rings. The number of esters is 1. The lowest BCUT2D eigenvalue weighted by atomic mass is 10.0. The third-order valence-electron chi connectivity index (χ3n) is 13.5. The van der Waals surface area contributed by atoms with Crippen molar-refractivity contribution in [3.63, 3.8) is 0 Å². The number of carbonyl (C=O) groups is 1. The minimum atomic E-state index is -4.52. The number of aliphatic hydroxyl groups is 2. The fraction of sp³-hybridized carbons (Fsp3) is 0.948. The van der Waals surface area contributed by atoms with Crippen molar-refractivity contribution in [2.75, 3.05) is 33.0 Å². The summed E-state index contributed by atoms with van der Waals surface area (Å²) in [7, 11) is -4.52. The Labute approximate surface area is 421 Å². The molecule has 0 spiro atoms. The van der Waals surface area contributed by atoms with E-state index in [-0.39, 0.29) is 25.6 Å². The number of rotatable bonds is 58. The van der Waals surface area contributed by atoms with E-state index in [4.69, 9.17) is 23.6 Å². The van der Waals surface area contributed by atoms with Crippen molar-refractivity contribution in [1.82, 2.24) is 0 Å². The van der Waals surface area contributed by atoms with Crippen molar-refractivity contribution in [2.45, 2.75) is 321 Å². The number of ether oxygens (including phenoxy) is 2. The number of carbonyl (C=O) groups excluding carboxylic acids is 1. The Morgan fingerprint density at radius 3 is 1.10 bits per heavy atom. The maximum atomic E-state index is 12.7. The van der Waals surface area contributed by atoms with Crippen molar-refractivity contribution in [3.8, 4) is 0 Å². The molecule has 0 radical (unpaired) electrons. The van der Waals surface area contributed by atoms with Gasteiger partial charge in [-0.05, 0) is 38.5 Å². The van der Waals surface area contributed by atoms with Crippen LogP contribution in [0.4, 0.5) is 0 Å². The van der Waals surface area contributed by atoms with Gasteiger partial charge in [0, 0.05) is 13.0 Å². The van der Waals surface area contributed by atoms with Crippen LogP contribution in [0.3, 0.4) is 0 Å². The van der Waals surface area contributed by atoms with Gasteiger partial charge >= 0.3 is 13.8 Å². The van der Waals surface area contributed by atoms with E-state index in [1.807, 2.05) is 0 Å². The lowest BCUT2D eigenvalue weighted by Crippen LogP contribution is -2.29. The monoisotopic (exact) mass is 987 g/mol. The summed E-state index contributed by atoms with van der Waals surface area (Å²) in [4.78, 5) is 22.8. The molecule has 9 nitrogen and oxygen atoms in total. The van der Waals surface area contributed by atoms with Crippen LogP contribution in [-0.4, -0.2) is 66.3 Å². The first-order valence-electron chi connectivity index (χ1n) is 29.7. The molecule has 68 heavy (non-hydrogen) atoms. The number of phosphoric acid groups is 1. The van der Waals surface area contributed by atoms with Gasteiger partial charge < -0.3 is 24.6 Å². The smallest absolute Gasteiger partial charge is 0.457 e. The predicted octanol–water partition coefficient (Wildman–Crippen LogP) is 17.9. The fourth-order valence-electron chi connectivity index (χ4n) is 8.94. The number of unbranched alkanes of at least 4 members (excludes halogenated alkanes) is 42. The molecule has 406 valence electrons. The number of aliphatic hydroxyl groups excluding tert-OH is 2. The molecule has 0 amide bonds. The van der Waals surface area contributed by atoms with Gasteiger partial charge in [-0.15, -0.1) is 0 Å². The molecule has 0 aliphatic carbocycles. The summed E-state index contributed by atoms with van der Waals surface area (Å²) < 4.78 is 33.7. The molecular formula is C58H115O9P. The second kappa shape index (κ2) is 55.5. The summed E-state index contributed by atoms with van der Waals surface area (Å²) in [5.41, 5.74) is 0. The molecule has 3 unspecified atom stereocenters. The van der Waals surface area contributed by atoms with E-state index in [2.05, 4.69) is 26.0 Å². The van der Waals surface area contributed by atoms with E-state index in [1.165, 1.54) is 257 Å². The third kappa shape index (κ3) is 54.5. The Bertz CT molecular complexity index is 1070. The van der Waals surface area contributed by atoms with Gasteiger partial charge in [-0.3, -0.25) is 13.8 Å². The Hall–Kier alpha value is -0.800. The van der Waals surface area contributed by atoms with Crippen molar-refractivity contribution >= 4 is 13.8 Å². The minimum Gasteiger partial charge on any atom is -0.457 e. The highest BCUT2D eigenvalue weighted by Gasteiger charge is 2.26. The lowest BCUT2D eigenvalue weighted by Gasteiger charge is -2.20. The Morgan fingerprint density at radius 1 is 0.441 bits per heavy atom. The van der Waals surface area contributed by atoms with Crippen molar-refractivity contribution in [2.24, 2.45) is 0 Å². The molecule has 0 aromatic heterocycles. The van der Waals surface area contributed by atoms with Crippen LogP contribution in [0.15, 0.2) is 12.2 Å². The largest absolute Gasteiger partial charge is 0.472 e. The van der Waals surface area contributed by atoms with Crippen LogP contribution < -0.4 is 0 Å². The molecule has 10 heteroatoms. The van der Waals surface area contributed by atoms with Crippen molar-refractivity contribution < 1.29 is 43.0 Å². The van der Waals surface area contributed by atoms with Gasteiger partial charge in [-0.1, -0.05) is 276 Å². The van der Waals surface area contributed by atoms with Crippen LogP contribution in [0.1, 0.15) is 309 Å². The molecule has 0 bridgehead atoms. The van der Waals surface area contributed by atoms with E-state index in [9.17, 15) is 19.4 Å². The Morgan fingerprint density at radius 2 is 0.750 bits per heavy atom. The van der Waals surface area contributed by atoms with Gasteiger partial charge in [0.05, 0.1) is 26.4 Å². The quantitative estimate of drug-likeness (QED) is 0.0236. The van der Waals surface area contributed by atoms with E-state index in [0.717, 1.165) is 32.1 Å². The van der Waals surface area contributed by atoms with Crippen LogP contribution in [-0.2, 0) is 27.9 Å². The van der Waals surface area contributed by atoms with Gasteiger partial charge in [0.15, 0.2) is 0 Å². The van der Waals surface area contributed by atoms with Gasteiger partial charge in [0.25, 0.3) is 0 Å². The number of allylic oxidation sites excluding steroid dienone is 2. The van der Waals surface area contributed by atoms with Crippen LogP contribution in [0.2, 0.25) is 0 Å². The van der Waals surface area contributed by atoms with Crippen LogP contribution >= 0.6 is 7.82 Å². The summed E-state index contributed by atoms with van der Waals surface area (Å²) in [6.07, 6.45) is 62.0. The van der Waals surface area contributed by atoms with Crippen molar-refractivity contribution in [3.05, 3.63) is 12.2 Å². The minimum absolute atomic E-state index is 0.0560. The highest BCUT2D eigenvalue weighted by molar-refractivity contribution is 7.47. The summed E-state index contributed by atoms with van der Waals surface area (Å²) in [6.45, 7) is 3.61. The zero-order chi connectivity index (χ0) is 49.5. The summed E-state index contributed by atoms with van der Waals surface area (Å²) in [5, 5.41) is 18.5. The molecule has 0 aromatic rings.